The molecule has 2 fully saturated rings. The van der Waals surface area contributed by atoms with E-state index in [-0.39, 0.29) is 5.92 Å². The Hall–Kier alpha value is -0.240. The summed E-state index contributed by atoms with van der Waals surface area (Å²) < 4.78 is 0. The highest BCUT2D eigenvalue weighted by Crippen LogP contribution is 2.54. The molecule has 2 aliphatic rings. The molecule has 0 heterocycles. The molecular weight excluding hydrogens is 164 g/mol. The van der Waals surface area contributed by atoms with Crippen LogP contribution in [0.25, 0.3) is 0 Å². The van der Waals surface area contributed by atoms with E-state index in [1.54, 1.807) is 0 Å². The third-order valence-corrected chi connectivity index (χ3v) is 3.75. The summed E-state index contributed by atoms with van der Waals surface area (Å²) in [5, 5.41) is 8.86. The van der Waals surface area contributed by atoms with E-state index in [0.717, 1.165) is 12.8 Å². The molecule has 0 spiro atoms. The van der Waals surface area contributed by atoms with Gasteiger partial charge in [0.25, 0.3) is 0 Å². The van der Waals surface area contributed by atoms with Crippen LogP contribution in [-0.2, 0) is 4.79 Å². The Kier molecular flexibility index (Phi) is 1.43. The standard InChI is InChI=1S/C8H11ClO2/c9-8(7(10)11)4-5-1-2-6(8)3-5/h5-6H,1-4H2,(H,10,11). The van der Waals surface area contributed by atoms with Crippen molar-refractivity contribution in [1.82, 2.24) is 0 Å². The van der Waals surface area contributed by atoms with Gasteiger partial charge in [-0.3, -0.25) is 4.79 Å². The smallest absolute Gasteiger partial charge is 0.325 e. The molecule has 11 heavy (non-hydrogen) atoms. The summed E-state index contributed by atoms with van der Waals surface area (Å²) >= 11 is 6.00. The van der Waals surface area contributed by atoms with Gasteiger partial charge in [-0.25, -0.2) is 0 Å². The van der Waals surface area contributed by atoms with Gasteiger partial charge in [0.15, 0.2) is 0 Å². The molecule has 0 aromatic rings. The fraction of sp³-hybridized carbons (Fsp3) is 0.875. The van der Waals surface area contributed by atoms with Gasteiger partial charge in [0, 0.05) is 0 Å². The van der Waals surface area contributed by atoms with E-state index >= 15 is 0 Å². The van der Waals surface area contributed by atoms with Gasteiger partial charge in [0.05, 0.1) is 0 Å². The van der Waals surface area contributed by atoms with Gasteiger partial charge in [0.1, 0.15) is 4.87 Å². The lowest BCUT2D eigenvalue weighted by Gasteiger charge is -2.26. The van der Waals surface area contributed by atoms with Crippen molar-refractivity contribution in [3.8, 4) is 0 Å². The van der Waals surface area contributed by atoms with Crippen molar-refractivity contribution in [3.05, 3.63) is 0 Å². The van der Waals surface area contributed by atoms with E-state index in [0.29, 0.717) is 12.3 Å². The molecule has 0 aliphatic heterocycles. The third-order valence-electron chi connectivity index (χ3n) is 3.13. The Bertz CT molecular complexity index is 204. The number of carbonyl (C=O) groups is 1. The minimum atomic E-state index is -0.900. The Labute approximate surface area is 70.5 Å². The lowest BCUT2D eigenvalue weighted by atomic mass is 9.88. The molecule has 0 radical (unpaired) electrons. The van der Waals surface area contributed by atoms with Crippen LogP contribution in [0.15, 0.2) is 0 Å². The number of aliphatic carboxylic acids is 1. The quantitative estimate of drug-likeness (QED) is 0.617. The molecule has 2 aliphatic carbocycles. The number of halogens is 1. The number of alkyl halides is 1. The molecule has 2 nitrogen and oxygen atoms in total. The van der Waals surface area contributed by atoms with Gasteiger partial charge in [-0.2, -0.15) is 0 Å². The number of carboxylic acids is 1. The summed E-state index contributed by atoms with van der Waals surface area (Å²) in [5.74, 6) is 0.0200. The number of fused-ring (bicyclic) bond motifs is 2. The summed E-state index contributed by atoms with van der Waals surface area (Å²) in [6.07, 6.45) is 3.93. The van der Waals surface area contributed by atoms with E-state index in [1.807, 2.05) is 0 Å². The number of hydrogen-bond donors (Lipinski definition) is 1. The van der Waals surface area contributed by atoms with Crippen LogP contribution in [0.5, 0.6) is 0 Å². The summed E-state index contributed by atoms with van der Waals surface area (Å²) in [6.45, 7) is 0. The predicted octanol–water partition coefficient (Wildman–Crippen LogP) is 1.87. The van der Waals surface area contributed by atoms with Crippen LogP contribution in [0.3, 0.4) is 0 Å². The lowest BCUT2D eigenvalue weighted by molar-refractivity contribution is -0.141. The highest BCUT2D eigenvalue weighted by atomic mass is 35.5. The monoisotopic (exact) mass is 174 g/mol. The van der Waals surface area contributed by atoms with Crippen LogP contribution in [0.4, 0.5) is 0 Å². The second kappa shape index (κ2) is 2.13. The van der Waals surface area contributed by atoms with Crippen LogP contribution < -0.4 is 0 Å². The largest absolute Gasteiger partial charge is 0.480 e. The first-order valence-corrected chi connectivity index (χ1v) is 4.43. The first-order chi connectivity index (χ1) is 5.13. The second-order valence-electron chi connectivity index (χ2n) is 3.75. The Balaban J connectivity index is 2.23. The molecule has 2 saturated carbocycles. The maximum Gasteiger partial charge on any atom is 0.325 e. The zero-order valence-corrected chi connectivity index (χ0v) is 6.97. The van der Waals surface area contributed by atoms with Crippen LogP contribution in [-0.4, -0.2) is 16.0 Å². The van der Waals surface area contributed by atoms with Crippen molar-refractivity contribution < 1.29 is 9.90 Å². The third kappa shape index (κ3) is 0.886. The SMILES string of the molecule is O=C(O)C1(Cl)CC2CCC1C2. The van der Waals surface area contributed by atoms with Crippen LogP contribution in [0.1, 0.15) is 25.7 Å². The Morgan fingerprint density at radius 3 is 2.55 bits per heavy atom. The molecule has 3 atom stereocenters. The molecule has 0 aromatic carbocycles. The van der Waals surface area contributed by atoms with E-state index in [4.69, 9.17) is 16.7 Å². The molecule has 0 aromatic heterocycles. The first-order valence-electron chi connectivity index (χ1n) is 4.05. The molecule has 1 N–H and O–H groups in total. The zero-order chi connectivity index (χ0) is 8.06. The van der Waals surface area contributed by atoms with Gasteiger partial charge in [0.2, 0.25) is 0 Å². The molecule has 2 rings (SSSR count). The average molecular weight is 175 g/mol. The second-order valence-corrected chi connectivity index (χ2v) is 4.42. The highest BCUT2D eigenvalue weighted by molar-refractivity contribution is 6.34. The minimum absolute atomic E-state index is 0.242. The highest BCUT2D eigenvalue weighted by Gasteiger charge is 2.54. The molecule has 62 valence electrons. The van der Waals surface area contributed by atoms with Crippen molar-refractivity contribution in [2.24, 2.45) is 11.8 Å². The average Bonchev–Trinajstić information content (AvgIpc) is 2.45. The summed E-state index contributed by atoms with van der Waals surface area (Å²) in [7, 11) is 0. The molecule has 3 heteroatoms. The number of carboxylic acid groups (broad SMARTS) is 1. The van der Waals surface area contributed by atoms with Crippen molar-refractivity contribution in [1.29, 1.82) is 0 Å². The van der Waals surface area contributed by atoms with Crippen LogP contribution >= 0.6 is 11.6 Å². The molecule has 3 unspecified atom stereocenters. The Morgan fingerprint density at radius 1 is 1.55 bits per heavy atom. The van der Waals surface area contributed by atoms with Crippen LogP contribution in [0.2, 0.25) is 0 Å². The zero-order valence-electron chi connectivity index (χ0n) is 6.22. The van der Waals surface area contributed by atoms with Crippen molar-refractivity contribution in [2.45, 2.75) is 30.6 Å². The van der Waals surface area contributed by atoms with Gasteiger partial charge in [-0.05, 0) is 31.1 Å². The summed E-state index contributed by atoms with van der Waals surface area (Å²) in [4.78, 5) is 9.88. The van der Waals surface area contributed by atoms with Crippen molar-refractivity contribution in [3.63, 3.8) is 0 Å². The minimum Gasteiger partial charge on any atom is -0.480 e. The topological polar surface area (TPSA) is 37.3 Å². The van der Waals surface area contributed by atoms with E-state index in [9.17, 15) is 4.79 Å². The van der Waals surface area contributed by atoms with Gasteiger partial charge >= 0.3 is 5.97 Å². The molecule has 0 saturated heterocycles. The van der Waals surface area contributed by atoms with Crippen LogP contribution in [0, 0.1) is 11.8 Å². The fourth-order valence-electron chi connectivity index (χ4n) is 2.52. The molecule has 0 amide bonds. The molecular formula is C8H11ClO2. The first kappa shape index (κ1) is 7.41. The fourth-order valence-corrected chi connectivity index (χ4v) is 2.94. The maximum absolute atomic E-state index is 10.8. The lowest BCUT2D eigenvalue weighted by Crippen LogP contribution is -2.37. The van der Waals surface area contributed by atoms with Gasteiger partial charge < -0.3 is 5.11 Å². The normalized spacial score (nSPS) is 48.1. The number of rotatable bonds is 1. The van der Waals surface area contributed by atoms with Gasteiger partial charge in [-0.1, -0.05) is 6.42 Å². The van der Waals surface area contributed by atoms with E-state index in [1.165, 1.54) is 6.42 Å². The van der Waals surface area contributed by atoms with E-state index < -0.39 is 10.8 Å². The summed E-state index contributed by atoms with van der Waals surface area (Å²) in [6, 6.07) is 0. The predicted molar refractivity (Wildman–Crippen MR) is 41.7 cm³/mol. The summed E-state index contributed by atoms with van der Waals surface area (Å²) in [5.41, 5.74) is 0. The number of hydrogen-bond acceptors (Lipinski definition) is 1. The van der Waals surface area contributed by atoms with Crippen molar-refractivity contribution >= 4 is 17.6 Å². The van der Waals surface area contributed by atoms with E-state index in [2.05, 4.69) is 0 Å². The van der Waals surface area contributed by atoms with Crippen molar-refractivity contribution in [2.75, 3.05) is 0 Å². The van der Waals surface area contributed by atoms with Gasteiger partial charge in [-0.15, -0.1) is 11.6 Å². The maximum atomic E-state index is 10.8. The Morgan fingerprint density at radius 2 is 2.27 bits per heavy atom. The molecule has 2 bridgehead atoms.